The number of hydrogen-bond acceptors (Lipinski definition) is 3. The fraction of sp³-hybridized carbons (Fsp3) is 0.400. The maximum absolute atomic E-state index is 10.6. The summed E-state index contributed by atoms with van der Waals surface area (Å²) in [6.45, 7) is 4.06. The Labute approximate surface area is 93.4 Å². The van der Waals surface area contributed by atoms with Gasteiger partial charge in [-0.1, -0.05) is 18.5 Å². The fourth-order valence-electron chi connectivity index (χ4n) is 1.13. The van der Waals surface area contributed by atoms with Crippen LogP contribution in [0.4, 0.5) is 11.4 Å². The first-order chi connectivity index (χ1) is 7.04. The Hall–Kier alpha value is -1.29. The predicted molar refractivity (Wildman–Crippen MR) is 61.5 cm³/mol. The van der Waals surface area contributed by atoms with E-state index >= 15 is 0 Å². The van der Waals surface area contributed by atoms with Gasteiger partial charge in [0.1, 0.15) is 5.02 Å². The summed E-state index contributed by atoms with van der Waals surface area (Å²) in [4.78, 5) is 10.1. The zero-order chi connectivity index (χ0) is 11.4. The van der Waals surface area contributed by atoms with Gasteiger partial charge < -0.3 is 5.32 Å². The van der Waals surface area contributed by atoms with Gasteiger partial charge >= 0.3 is 0 Å². The van der Waals surface area contributed by atoms with Crippen molar-refractivity contribution >= 4 is 23.0 Å². The second-order valence-electron chi connectivity index (χ2n) is 3.38. The molecule has 0 saturated heterocycles. The van der Waals surface area contributed by atoms with Crippen molar-refractivity contribution in [1.29, 1.82) is 0 Å². The lowest BCUT2D eigenvalue weighted by Gasteiger charge is -2.12. The molecule has 1 N–H and O–H groups in total. The largest absolute Gasteiger partial charge is 0.382 e. The highest BCUT2D eigenvalue weighted by Gasteiger charge is 2.13. The normalized spacial score (nSPS) is 12.2. The Kier molecular flexibility index (Phi) is 3.91. The molecule has 5 heteroatoms. The molecule has 1 aromatic rings. The summed E-state index contributed by atoms with van der Waals surface area (Å²) in [5.41, 5.74) is 0.658. The fourth-order valence-corrected chi connectivity index (χ4v) is 1.32. The molecule has 0 spiro atoms. The van der Waals surface area contributed by atoms with Crippen molar-refractivity contribution in [3.63, 3.8) is 0 Å². The van der Waals surface area contributed by atoms with Crippen LogP contribution in [-0.2, 0) is 0 Å². The minimum Gasteiger partial charge on any atom is -0.382 e. The maximum atomic E-state index is 10.6. The molecule has 0 amide bonds. The van der Waals surface area contributed by atoms with E-state index in [1.807, 2.05) is 13.8 Å². The first-order valence-electron chi connectivity index (χ1n) is 4.75. The predicted octanol–water partition coefficient (Wildman–Crippen LogP) is 3.46. The molecule has 0 aliphatic rings. The van der Waals surface area contributed by atoms with Gasteiger partial charge in [-0.15, -0.1) is 0 Å². The van der Waals surface area contributed by atoms with E-state index in [1.165, 1.54) is 12.1 Å². The lowest BCUT2D eigenvalue weighted by molar-refractivity contribution is -0.384. The number of rotatable bonds is 4. The summed E-state index contributed by atoms with van der Waals surface area (Å²) in [6.07, 6.45) is 0.955. The summed E-state index contributed by atoms with van der Waals surface area (Å²) in [5, 5.41) is 13.9. The molecule has 0 aromatic heterocycles. The van der Waals surface area contributed by atoms with E-state index in [0.717, 1.165) is 12.1 Å². The number of anilines is 1. The quantitative estimate of drug-likeness (QED) is 0.634. The Morgan fingerprint density at radius 3 is 2.80 bits per heavy atom. The van der Waals surface area contributed by atoms with Crippen LogP contribution < -0.4 is 5.32 Å². The van der Waals surface area contributed by atoms with Crippen LogP contribution >= 0.6 is 11.6 Å². The van der Waals surface area contributed by atoms with Crippen molar-refractivity contribution in [2.45, 2.75) is 26.3 Å². The van der Waals surface area contributed by atoms with E-state index < -0.39 is 4.92 Å². The van der Waals surface area contributed by atoms with E-state index in [4.69, 9.17) is 11.6 Å². The monoisotopic (exact) mass is 228 g/mol. The van der Waals surface area contributed by atoms with Crippen LogP contribution in [0.1, 0.15) is 20.3 Å². The number of benzene rings is 1. The molecular formula is C10H13ClN2O2. The molecule has 82 valence electrons. The van der Waals surface area contributed by atoms with Crippen molar-refractivity contribution in [3.8, 4) is 0 Å². The molecule has 0 aliphatic carbocycles. The van der Waals surface area contributed by atoms with E-state index in [9.17, 15) is 10.1 Å². The van der Waals surface area contributed by atoms with E-state index in [2.05, 4.69) is 5.32 Å². The minimum atomic E-state index is -0.482. The summed E-state index contributed by atoms with van der Waals surface area (Å²) in [6, 6.07) is 5.01. The number of nitro benzene ring substituents is 1. The molecule has 0 radical (unpaired) electrons. The Bertz CT molecular complexity index is 368. The topological polar surface area (TPSA) is 55.2 Å². The van der Waals surface area contributed by atoms with Crippen LogP contribution in [0.25, 0.3) is 0 Å². The lowest BCUT2D eigenvalue weighted by atomic mass is 10.2. The van der Waals surface area contributed by atoms with Gasteiger partial charge in [0, 0.05) is 17.8 Å². The number of halogens is 1. The Morgan fingerprint density at radius 1 is 1.60 bits per heavy atom. The standard InChI is InChI=1S/C10H13ClN2O2/c1-3-7(2)12-8-4-5-9(11)10(6-8)13(14)15/h4-7,12H,3H2,1-2H3. The summed E-state index contributed by atoms with van der Waals surface area (Å²) in [5.74, 6) is 0. The minimum absolute atomic E-state index is 0.0648. The first-order valence-corrected chi connectivity index (χ1v) is 5.13. The molecule has 15 heavy (non-hydrogen) atoms. The molecule has 0 heterocycles. The zero-order valence-electron chi connectivity index (χ0n) is 8.66. The average molecular weight is 229 g/mol. The van der Waals surface area contributed by atoms with Gasteiger partial charge in [0.2, 0.25) is 0 Å². The van der Waals surface area contributed by atoms with Crippen LogP contribution in [-0.4, -0.2) is 11.0 Å². The molecule has 1 atom stereocenters. The average Bonchev–Trinajstić information content (AvgIpc) is 2.20. The number of nitrogens with one attached hydrogen (secondary N) is 1. The molecule has 1 rings (SSSR count). The molecule has 1 aromatic carbocycles. The smallest absolute Gasteiger partial charge is 0.289 e. The Balaban J connectivity index is 2.92. The Morgan fingerprint density at radius 2 is 2.27 bits per heavy atom. The number of hydrogen-bond donors (Lipinski definition) is 1. The first kappa shape index (κ1) is 11.8. The third kappa shape index (κ3) is 3.09. The van der Waals surface area contributed by atoms with Crippen LogP contribution in [0.5, 0.6) is 0 Å². The SMILES string of the molecule is CCC(C)Nc1ccc(Cl)c([N+](=O)[O-])c1. The molecule has 1 unspecified atom stereocenters. The second kappa shape index (κ2) is 4.98. The third-order valence-electron chi connectivity index (χ3n) is 2.17. The molecule has 0 saturated carbocycles. The van der Waals surface area contributed by atoms with Crippen molar-refractivity contribution in [2.75, 3.05) is 5.32 Å². The second-order valence-corrected chi connectivity index (χ2v) is 3.78. The van der Waals surface area contributed by atoms with Gasteiger partial charge in [0.25, 0.3) is 5.69 Å². The zero-order valence-corrected chi connectivity index (χ0v) is 9.41. The lowest BCUT2D eigenvalue weighted by Crippen LogP contribution is -2.13. The molecule has 4 nitrogen and oxygen atoms in total. The van der Waals surface area contributed by atoms with Gasteiger partial charge in [-0.3, -0.25) is 10.1 Å². The van der Waals surface area contributed by atoms with Crippen molar-refractivity contribution < 1.29 is 4.92 Å². The van der Waals surface area contributed by atoms with E-state index in [1.54, 1.807) is 6.07 Å². The van der Waals surface area contributed by atoms with Crippen molar-refractivity contribution in [3.05, 3.63) is 33.3 Å². The van der Waals surface area contributed by atoms with Crippen LogP contribution in [0.2, 0.25) is 5.02 Å². The van der Waals surface area contributed by atoms with Gasteiger partial charge in [-0.05, 0) is 25.5 Å². The van der Waals surface area contributed by atoms with Crippen LogP contribution in [0.3, 0.4) is 0 Å². The van der Waals surface area contributed by atoms with Crippen molar-refractivity contribution in [1.82, 2.24) is 0 Å². The van der Waals surface area contributed by atoms with Crippen LogP contribution in [0, 0.1) is 10.1 Å². The third-order valence-corrected chi connectivity index (χ3v) is 2.49. The van der Waals surface area contributed by atoms with E-state index in [-0.39, 0.29) is 16.8 Å². The number of nitro groups is 1. The highest BCUT2D eigenvalue weighted by atomic mass is 35.5. The molecule has 0 fully saturated rings. The highest BCUT2D eigenvalue weighted by molar-refractivity contribution is 6.32. The van der Waals surface area contributed by atoms with Crippen molar-refractivity contribution in [2.24, 2.45) is 0 Å². The maximum Gasteiger partial charge on any atom is 0.289 e. The molecule has 0 aliphatic heterocycles. The van der Waals surface area contributed by atoms with Gasteiger partial charge in [0.05, 0.1) is 4.92 Å². The molecular weight excluding hydrogens is 216 g/mol. The molecule has 0 bridgehead atoms. The van der Waals surface area contributed by atoms with Gasteiger partial charge in [-0.25, -0.2) is 0 Å². The van der Waals surface area contributed by atoms with E-state index in [0.29, 0.717) is 0 Å². The van der Waals surface area contributed by atoms with Gasteiger partial charge in [0.15, 0.2) is 0 Å². The van der Waals surface area contributed by atoms with Gasteiger partial charge in [-0.2, -0.15) is 0 Å². The summed E-state index contributed by atoms with van der Waals surface area (Å²) >= 11 is 5.69. The highest BCUT2D eigenvalue weighted by Crippen LogP contribution is 2.27. The van der Waals surface area contributed by atoms with Crippen LogP contribution in [0.15, 0.2) is 18.2 Å². The number of nitrogens with zero attached hydrogens (tertiary/aromatic N) is 1. The summed E-state index contributed by atoms with van der Waals surface area (Å²) < 4.78 is 0. The summed E-state index contributed by atoms with van der Waals surface area (Å²) in [7, 11) is 0.